The van der Waals surface area contributed by atoms with Crippen molar-refractivity contribution >= 4 is 28.8 Å². The number of hydrogen-bond acceptors (Lipinski definition) is 5. The second-order valence-electron chi connectivity index (χ2n) is 6.52. The third-order valence-corrected chi connectivity index (χ3v) is 5.87. The van der Waals surface area contributed by atoms with Crippen molar-refractivity contribution < 1.29 is 4.79 Å². The number of aromatic nitrogens is 3. The van der Waals surface area contributed by atoms with Gasteiger partial charge in [-0.25, -0.2) is 9.67 Å². The highest BCUT2D eigenvalue weighted by atomic mass is 35.5. The molecule has 1 amide bonds. The van der Waals surface area contributed by atoms with E-state index in [1.54, 1.807) is 23.1 Å². The van der Waals surface area contributed by atoms with Gasteiger partial charge < -0.3 is 4.90 Å². The Morgan fingerprint density at radius 1 is 1.15 bits per heavy atom. The molecule has 2 aromatic heterocycles. The van der Waals surface area contributed by atoms with E-state index in [-0.39, 0.29) is 17.5 Å². The summed E-state index contributed by atoms with van der Waals surface area (Å²) in [4.78, 5) is 31.6. The van der Waals surface area contributed by atoms with Crippen LogP contribution in [0.2, 0.25) is 5.02 Å². The number of hydrogen-bond donors (Lipinski definition) is 0. The zero-order valence-electron chi connectivity index (χ0n) is 14.8. The SMILES string of the molecule is Cc1nc(C)c(C(=O)N2CC(n3nc(-c4ccc(Cl)cc4)ccc3=O)C2)s1. The van der Waals surface area contributed by atoms with Gasteiger partial charge in [0, 0.05) is 29.7 Å². The summed E-state index contributed by atoms with van der Waals surface area (Å²) < 4.78 is 1.47. The Bertz CT molecular complexity index is 1070. The zero-order chi connectivity index (χ0) is 19.1. The van der Waals surface area contributed by atoms with E-state index in [2.05, 4.69) is 10.1 Å². The van der Waals surface area contributed by atoms with Crippen LogP contribution in [0.1, 0.15) is 26.4 Å². The van der Waals surface area contributed by atoms with Gasteiger partial charge in [0.15, 0.2) is 0 Å². The molecule has 0 aliphatic carbocycles. The minimum absolute atomic E-state index is 0.0312. The van der Waals surface area contributed by atoms with Crippen LogP contribution in [-0.4, -0.2) is 38.7 Å². The quantitative estimate of drug-likeness (QED) is 0.676. The average Bonchev–Trinajstić information content (AvgIpc) is 2.94. The van der Waals surface area contributed by atoms with Crippen molar-refractivity contribution in [3.63, 3.8) is 0 Å². The molecule has 0 saturated carbocycles. The number of thiazole rings is 1. The lowest BCUT2D eigenvalue weighted by Crippen LogP contribution is -2.53. The number of carbonyl (C=O) groups excluding carboxylic acids is 1. The van der Waals surface area contributed by atoms with E-state index in [0.717, 1.165) is 16.3 Å². The van der Waals surface area contributed by atoms with Gasteiger partial charge in [0.05, 0.1) is 22.4 Å². The predicted molar refractivity (Wildman–Crippen MR) is 105 cm³/mol. The third-order valence-electron chi connectivity index (χ3n) is 4.56. The first kappa shape index (κ1) is 17.9. The van der Waals surface area contributed by atoms with Gasteiger partial charge in [-0.05, 0) is 32.0 Å². The molecule has 8 heteroatoms. The van der Waals surface area contributed by atoms with E-state index >= 15 is 0 Å². The van der Waals surface area contributed by atoms with Gasteiger partial charge in [-0.3, -0.25) is 9.59 Å². The van der Waals surface area contributed by atoms with Crippen molar-refractivity contribution in [2.75, 3.05) is 13.1 Å². The van der Waals surface area contributed by atoms with Gasteiger partial charge in [0.25, 0.3) is 11.5 Å². The minimum atomic E-state index is -0.172. The van der Waals surface area contributed by atoms with Gasteiger partial charge in [-0.1, -0.05) is 23.7 Å². The smallest absolute Gasteiger partial charge is 0.267 e. The number of nitrogens with zero attached hydrogens (tertiary/aromatic N) is 4. The Morgan fingerprint density at radius 2 is 1.85 bits per heavy atom. The number of rotatable bonds is 3. The Balaban J connectivity index is 1.53. The summed E-state index contributed by atoms with van der Waals surface area (Å²) in [5, 5.41) is 6.02. The lowest BCUT2D eigenvalue weighted by atomic mass is 10.1. The molecule has 0 N–H and O–H groups in total. The maximum Gasteiger partial charge on any atom is 0.267 e. The zero-order valence-corrected chi connectivity index (χ0v) is 16.4. The van der Waals surface area contributed by atoms with E-state index in [4.69, 9.17) is 11.6 Å². The number of amides is 1. The van der Waals surface area contributed by atoms with E-state index in [1.165, 1.54) is 22.1 Å². The van der Waals surface area contributed by atoms with Gasteiger partial charge in [0.2, 0.25) is 0 Å². The summed E-state index contributed by atoms with van der Waals surface area (Å²) in [5.41, 5.74) is 2.17. The first-order valence-electron chi connectivity index (χ1n) is 8.51. The monoisotopic (exact) mass is 400 g/mol. The van der Waals surface area contributed by atoms with Crippen LogP contribution in [0.15, 0.2) is 41.2 Å². The number of halogens is 1. The largest absolute Gasteiger partial charge is 0.333 e. The van der Waals surface area contributed by atoms with Crippen LogP contribution in [0.5, 0.6) is 0 Å². The molecule has 27 heavy (non-hydrogen) atoms. The van der Waals surface area contributed by atoms with E-state index in [1.807, 2.05) is 26.0 Å². The fourth-order valence-electron chi connectivity index (χ4n) is 3.11. The van der Waals surface area contributed by atoms with Crippen LogP contribution < -0.4 is 5.56 Å². The molecule has 138 valence electrons. The fraction of sp³-hybridized carbons (Fsp3) is 0.263. The first-order chi connectivity index (χ1) is 12.9. The maximum absolute atomic E-state index is 12.6. The Kier molecular flexibility index (Phi) is 4.57. The van der Waals surface area contributed by atoms with Crippen molar-refractivity contribution in [2.45, 2.75) is 19.9 Å². The summed E-state index contributed by atoms with van der Waals surface area (Å²) in [6.45, 7) is 4.66. The molecule has 0 unspecified atom stereocenters. The van der Waals surface area contributed by atoms with Crippen LogP contribution in [0, 0.1) is 13.8 Å². The fourth-order valence-corrected chi connectivity index (χ4v) is 4.12. The molecule has 1 saturated heterocycles. The summed E-state index contributed by atoms with van der Waals surface area (Å²) in [6, 6.07) is 10.4. The predicted octanol–water partition coefficient (Wildman–Crippen LogP) is 3.33. The molecule has 1 aromatic carbocycles. The summed E-state index contributed by atoms with van der Waals surface area (Å²) in [5.74, 6) is -0.0312. The third kappa shape index (κ3) is 3.40. The molecular formula is C19H17ClN4O2S. The summed E-state index contributed by atoms with van der Waals surface area (Å²) in [6.07, 6.45) is 0. The lowest BCUT2D eigenvalue weighted by Gasteiger charge is -2.39. The van der Waals surface area contributed by atoms with E-state index in [9.17, 15) is 9.59 Å². The molecule has 1 fully saturated rings. The number of carbonyl (C=O) groups is 1. The Morgan fingerprint density at radius 3 is 2.48 bits per heavy atom. The van der Waals surface area contributed by atoms with E-state index in [0.29, 0.717) is 28.7 Å². The first-order valence-corrected chi connectivity index (χ1v) is 9.71. The van der Waals surface area contributed by atoms with Crippen LogP contribution >= 0.6 is 22.9 Å². The highest BCUT2D eigenvalue weighted by Crippen LogP contribution is 2.26. The highest BCUT2D eigenvalue weighted by molar-refractivity contribution is 7.13. The minimum Gasteiger partial charge on any atom is -0.333 e. The van der Waals surface area contributed by atoms with Crippen molar-refractivity contribution in [2.24, 2.45) is 0 Å². The molecular weight excluding hydrogens is 384 g/mol. The Labute approximate surface area is 165 Å². The van der Waals surface area contributed by atoms with Gasteiger partial charge in [-0.15, -0.1) is 11.3 Å². The summed E-state index contributed by atoms with van der Waals surface area (Å²) in [7, 11) is 0. The molecule has 6 nitrogen and oxygen atoms in total. The van der Waals surface area contributed by atoms with Gasteiger partial charge >= 0.3 is 0 Å². The summed E-state index contributed by atoms with van der Waals surface area (Å²) >= 11 is 7.33. The molecule has 3 aromatic rings. The molecule has 0 bridgehead atoms. The second kappa shape index (κ2) is 6.90. The number of aryl methyl sites for hydroxylation is 2. The topological polar surface area (TPSA) is 68.1 Å². The van der Waals surface area contributed by atoms with Crippen LogP contribution in [0.25, 0.3) is 11.3 Å². The van der Waals surface area contributed by atoms with Crippen LogP contribution in [-0.2, 0) is 0 Å². The van der Waals surface area contributed by atoms with Crippen molar-refractivity contribution in [1.82, 2.24) is 19.7 Å². The molecule has 1 aliphatic heterocycles. The molecule has 0 spiro atoms. The van der Waals surface area contributed by atoms with Crippen LogP contribution in [0.4, 0.5) is 0 Å². The maximum atomic E-state index is 12.6. The lowest BCUT2D eigenvalue weighted by molar-refractivity contribution is 0.0497. The number of likely N-dealkylation sites (tertiary alicyclic amines) is 1. The normalized spacial score (nSPS) is 14.3. The molecule has 0 atom stereocenters. The number of benzene rings is 1. The molecule has 3 heterocycles. The standard InChI is InChI=1S/C19H17ClN4O2S/c1-11-18(27-12(2)21-11)19(26)23-9-15(10-23)24-17(25)8-7-16(22-24)13-3-5-14(20)6-4-13/h3-8,15H,9-10H2,1-2H3. The Hall–Kier alpha value is -2.51. The average molecular weight is 401 g/mol. The van der Waals surface area contributed by atoms with Gasteiger partial charge in [0.1, 0.15) is 4.88 Å². The van der Waals surface area contributed by atoms with Crippen LogP contribution in [0.3, 0.4) is 0 Å². The molecule has 4 rings (SSSR count). The second-order valence-corrected chi connectivity index (χ2v) is 8.16. The van der Waals surface area contributed by atoms with Crippen molar-refractivity contribution in [3.05, 3.63) is 67.4 Å². The highest BCUT2D eigenvalue weighted by Gasteiger charge is 2.35. The van der Waals surface area contributed by atoms with Crippen molar-refractivity contribution in [1.29, 1.82) is 0 Å². The van der Waals surface area contributed by atoms with E-state index < -0.39 is 0 Å². The molecule has 0 radical (unpaired) electrons. The van der Waals surface area contributed by atoms with Gasteiger partial charge in [-0.2, -0.15) is 5.10 Å². The molecule has 1 aliphatic rings. The van der Waals surface area contributed by atoms with Crippen molar-refractivity contribution in [3.8, 4) is 11.3 Å².